The predicted molar refractivity (Wildman–Crippen MR) is 102 cm³/mol. The van der Waals surface area contributed by atoms with Crippen LogP contribution < -0.4 is 10.0 Å². The standard InChI is InChI=1S/C17H23N3O3S2/c1-11(2)23-16(21)19-12-6-7-13(14-9-18-10-24-14)15(8-12)25(22)20-17(3,4)5/h6-11,20H,1-5H3,(H,19,21). The molecule has 0 spiro atoms. The number of thiazole rings is 1. The Morgan fingerprint density at radius 2 is 2.08 bits per heavy atom. The van der Waals surface area contributed by atoms with Crippen molar-refractivity contribution in [2.45, 2.75) is 51.2 Å². The van der Waals surface area contributed by atoms with Crippen LogP contribution in [0.5, 0.6) is 0 Å². The van der Waals surface area contributed by atoms with Crippen LogP contribution in [0.4, 0.5) is 10.5 Å². The molecule has 0 bridgehead atoms. The second kappa shape index (κ2) is 8.18. The van der Waals surface area contributed by atoms with Gasteiger partial charge in [-0.05, 0) is 46.8 Å². The molecule has 1 unspecified atom stereocenters. The Balaban J connectivity index is 2.34. The zero-order chi connectivity index (χ0) is 18.6. The van der Waals surface area contributed by atoms with E-state index in [0.29, 0.717) is 10.6 Å². The van der Waals surface area contributed by atoms with Crippen LogP contribution in [0, 0.1) is 0 Å². The van der Waals surface area contributed by atoms with E-state index in [0.717, 1.165) is 10.4 Å². The van der Waals surface area contributed by atoms with Crippen molar-refractivity contribution in [2.24, 2.45) is 0 Å². The van der Waals surface area contributed by atoms with Crippen molar-refractivity contribution in [3.8, 4) is 10.4 Å². The van der Waals surface area contributed by atoms with Gasteiger partial charge in [-0.25, -0.2) is 4.79 Å². The number of benzene rings is 1. The molecule has 0 fully saturated rings. The number of anilines is 1. The van der Waals surface area contributed by atoms with E-state index in [-0.39, 0.29) is 11.6 Å². The molecule has 1 aromatic heterocycles. The van der Waals surface area contributed by atoms with Gasteiger partial charge in [-0.2, -0.15) is 0 Å². The van der Waals surface area contributed by atoms with Crippen molar-refractivity contribution in [2.75, 3.05) is 5.32 Å². The van der Waals surface area contributed by atoms with Crippen molar-refractivity contribution in [1.82, 2.24) is 9.71 Å². The molecule has 1 heterocycles. The molecule has 2 rings (SSSR count). The maximum atomic E-state index is 12.8. The second-order valence-corrected chi connectivity index (χ2v) is 8.84. The summed E-state index contributed by atoms with van der Waals surface area (Å²) in [6, 6.07) is 5.29. The first kappa shape index (κ1) is 19.7. The molecule has 0 aliphatic heterocycles. The number of hydrogen-bond donors (Lipinski definition) is 2. The number of ether oxygens (including phenoxy) is 1. The Hall–Kier alpha value is -1.61. The third-order valence-electron chi connectivity index (χ3n) is 2.87. The zero-order valence-corrected chi connectivity index (χ0v) is 16.6. The number of carbonyl (C=O) groups is 1. The van der Waals surface area contributed by atoms with Crippen LogP contribution in [0.3, 0.4) is 0 Å². The second-order valence-electron chi connectivity index (χ2n) is 6.78. The molecule has 1 amide bonds. The number of rotatable bonds is 5. The molecule has 136 valence electrons. The molecular formula is C17H23N3O3S2. The lowest BCUT2D eigenvalue weighted by Crippen LogP contribution is -2.40. The van der Waals surface area contributed by atoms with E-state index in [1.807, 2.05) is 26.8 Å². The zero-order valence-electron chi connectivity index (χ0n) is 15.0. The highest BCUT2D eigenvalue weighted by molar-refractivity contribution is 7.89. The van der Waals surface area contributed by atoms with Crippen molar-refractivity contribution >= 4 is 34.5 Å². The average Bonchev–Trinajstić information content (AvgIpc) is 2.98. The van der Waals surface area contributed by atoms with Crippen molar-refractivity contribution < 1.29 is 14.1 Å². The van der Waals surface area contributed by atoms with Gasteiger partial charge in [0.2, 0.25) is 0 Å². The van der Waals surface area contributed by atoms with Crippen molar-refractivity contribution in [3.63, 3.8) is 0 Å². The molecule has 2 aromatic rings. The van der Waals surface area contributed by atoms with Gasteiger partial charge in [-0.1, -0.05) is 0 Å². The smallest absolute Gasteiger partial charge is 0.411 e. The Morgan fingerprint density at radius 1 is 1.36 bits per heavy atom. The van der Waals surface area contributed by atoms with E-state index < -0.39 is 17.5 Å². The number of aromatic nitrogens is 1. The molecule has 6 nitrogen and oxygen atoms in total. The number of nitrogens with one attached hydrogen (secondary N) is 2. The lowest BCUT2D eigenvalue weighted by molar-refractivity contribution is 0.130. The summed E-state index contributed by atoms with van der Waals surface area (Å²) in [4.78, 5) is 17.4. The third kappa shape index (κ3) is 6.00. The van der Waals surface area contributed by atoms with Crippen molar-refractivity contribution in [3.05, 3.63) is 29.9 Å². The predicted octanol–water partition coefficient (Wildman–Crippen LogP) is 4.18. The van der Waals surface area contributed by atoms with Gasteiger partial charge < -0.3 is 9.29 Å². The van der Waals surface area contributed by atoms with Gasteiger partial charge in [-0.3, -0.25) is 10.3 Å². The maximum Gasteiger partial charge on any atom is 0.411 e. The molecule has 0 saturated carbocycles. The van der Waals surface area contributed by atoms with E-state index in [1.165, 1.54) is 11.3 Å². The summed E-state index contributed by atoms with van der Waals surface area (Å²) < 4.78 is 21.0. The van der Waals surface area contributed by atoms with E-state index in [2.05, 4.69) is 15.0 Å². The molecule has 25 heavy (non-hydrogen) atoms. The fourth-order valence-corrected chi connectivity index (χ4v) is 4.00. The van der Waals surface area contributed by atoms with E-state index in [4.69, 9.17) is 4.74 Å². The molecule has 0 radical (unpaired) electrons. The summed E-state index contributed by atoms with van der Waals surface area (Å²) in [5, 5.41) is 2.67. The fourth-order valence-electron chi connectivity index (χ4n) is 2.00. The quantitative estimate of drug-likeness (QED) is 0.759. The van der Waals surface area contributed by atoms with Gasteiger partial charge in [-0.15, -0.1) is 16.1 Å². The molecule has 8 heteroatoms. The van der Waals surface area contributed by atoms with Crippen LogP contribution in [0.2, 0.25) is 0 Å². The number of hydrogen-bond acceptors (Lipinski definition) is 6. The minimum absolute atomic E-state index is 0.215. The summed E-state index contributed by atoms with van der Waals surface area (Å²) in [6.07, 6.45) is 0.978. The maximum absolute atomic E-state index is 12.8. The lowest BCUT2D eigenvalue weighted by atomic mass is 10.1. The Kier molecular flexibility index (Phi) is 6.45. The summed E-state index contributed by atoms with van der Waals surface area (Å²) in [7, 11) is 0. The largest absolute Gasteiger partial charge is 0.593 e. The van der Waals surface area contributed by atoms with E-state index >= 15 is 0 Å². The normalized spacial score (nSPS) is 12.9. The van der Waals surface area contributed by atoms with Crippen LogP contribution in [-0.2, 0) is 16.1 Å². The van der Waals surface area contributed by atoms with Crippen LogP contribution in [0.25, 0.3) is 10.4 Å². The third-order valence-corrected chi connectivity index (χ3v) is 5.21. The highest BCUT2D eigenvalue weighted by atomic mass is 32.2. The molecule has 0 saturated heterocycles. The first-order chi connectivity index (χ1) is 11.7. The van der Waals surface area contributed by atoms with Crippen LogP contribution in [0.1, 0.15) is 34.6 Å². The van der Waals surface area contributed by atoms with Crippen LogP contribution in [-0.4, -0.2) is 27.3 Å². The SMILES string of the molecule is CC(C)OC(=O)Nc1ccc(-c2cncs2)c([S+]([O-])NC(C)(C)C)c1. The fraction of sp³-hybridized carbons (Fsp3) is 0.412. The average molecular weight is 382 g/mol. The summed E-state index contributed by atoms with van der Waals surface area (Å²) in [5.41, 5.74) is 2.75. The number of carbonyl (C=O) groups excluding carboxylic acids is 1. The minimum atomic E-state index is -1.45. The Morgan fingerprint density at radius 3 is 2.64 bits per heavy atom. The summed E-state index contributed by atoms with van der Waals surface area (Å²) in [6.45, 7) is 9.39. The topological polar surface area (TPSA) is 86.3 Å². The van der Waals surface area contributed by atoms with Crippen LogP contribution >= 0.6 is 11.3 Å². The van der Waals surface area contributed by atoms with Crippen LogP contribution in [0.15, 0.2) is 34.8 Å². The summed E-state index contributed by atoms with van der Waals surface area (Å²) >= 11 is 0.0203. The first-order valence-corrected chi connectivity index (χ1v) is 9.89. The number of nitrogens with zero attached hydrogens (tertiary/aromatic N) is 1. The minimum Gasteiger partial charge on any atom is -0.593 e. The monoisotopic (exact) mass is 381 g/mol. The molecule has 1 atom stereocenters. The summed E-state index contributed by atoms with van der Waals surface area (Å²) in [5.74, 6) is 0. The highest BCUT2D eigenvalue weighted by Gasteiger charge is 2.25. The molecule has 1 aromatic carbocycles. The van der Waals surface area contributed by atoms with Gasteiger partial charge in [0.25, 0.3) is 0 Å². The molecule has 0 aliphatic rings. The molecular weight excluding hydrogens is 358 g/mol. The first-order valence-electron chi connectivity index (χ1n) is 7.86. The molecule has 2 N–H and O–H groups in total. The molecule has 0 aliphatic carbocycles. The van der Waals surface area contributed by atoms with Crippen molar-refractivity contribution in [1.29, 1.82) is 0 Å². The van der Waals surface area contributed by atoms with Gasteiger partial charge >= 0.3 is 6.09 Å². The van der Waals surface area contributed by atoms with Gasteiger partial charge in [0, 0.05) is 18.0 Å². The number of amides is 1. The van der Waals surface area contributed by atoms with Gasteiger partial charge in [0.05, 0.1) is 39.0 Å². The van der Waals surface area contributed by atoms with E-state index in [9.17, 15) is 9.35 Å². The van der Waals surface area contributed by atoms with Gasteiger partial charge in [0.15, 0.2) is 4.90 Å². The highest BCUT2D eigenvalue weighted by Crippen LogP contribution is 2.32. The van der Waals surface area contributed by atoms with Gasteiger partial charge in [0.1, 0.15) is 0 Å². The Labute approximate surface area is 155 Å². The van der Waals surface area contributed by atoms with E-state index in [1.54, 1.807) is 37.7 Å². The Bertz CT molecular complexity index is 712. The lowest BCUT2D eigenvalue weighted by Gasteiger charge is -2.23.